The zero-order valence-corrected chi connectivity index (χ0v) is 30.0. The number of anilines is 1. The molecule has 0 saturated carbocycles. The van der Waals surface area contributed by atoms with E-state index in [4.69, 9.17) is 20.9 Å². The van der Waals surface area contributed by atoms with Crippen LogP contribution in [0.25, 0.3) is 0 Å². The predicted octanol–water partition coefficient (Wildman–Crippen LogP) is 1.11. The Balaban J connectivity index is 3.10. The third kappa shape index (κ3) is 16.7. The number of hydrogen-bond acceptors (Lipinski definition) is 10. The average Bonchev–Trinajstić information content (AvgIpc) is 3.05. The van der Waals surface area contributed by atoms with E-state index in [2.05, 4.69) is 26.6 Å². The third-order valence-corrected chi connectivity index (χ3v) is 7.37. The Morgan fingerprint density at radius 1 is 0.820 bits per heavy atom. The highest BCUT2D eigenvalue weighted by Crippen LogP contribution is 2.19. The van der Waals surface area contributed by atoms with E-state index in [1.807, 2.05) is 0 Å². The van der Waals surface area contributed by atoms with Gasteiger partial charge in [0.2, 0.25) is 17.7 Å². The molecule has 0 heterocycles. The number of ketones is 1. The number of nitrogens with one attached hydrogen (secondary N) is 5. The first kappa shape index (κ1) is 43.5. The second kappa shape index (κ2) is 22.9. The highest BCUT2D eigenvalue weighted by Gasteiger charge is 2.29. The monoisotopic (exact) mass is 705 g/mol. The van der Waals surface area contributed by atoms with Gasteiger partial charge in [0.15, 0.2) is 0 Å². The molecule has 1 rings (SSSR count). The number of esters is 1. The lowest BCUT2D eigenvalue weighted by Gasteiger charge is -2.25. The highest BCUT2D eigenvalue weighted by atomic mass is 16.5. The molecule has 0 spiro atoms. The number of nitrogens with two attached hydrogens (primary N) is 2. The number of benzene rings is 1. The Morgan fingerprint density at radius 2 is 1.50 bits per heavy atom. The van der Waals surface area contributed by atoms with Crippen LogP contribution >= 0.6 is 0 Å². The van der Waals surface area contributed by atoms with Gasteiger partial charge in [-0.3, -0.25) is 28.8 Å². The summed E-state index contributed by atoms with van der Waals surface area (Å²) >= 11 is 0. The fraction of sp³-hybridized carbons (Fsp3) is 0.618. The summed E-state index contributed by atoms with van der Waals surface area (Å²) < 4.78 is 10.7. The number of carbonyl (C=O) groups excluding carboxylic acids is 7. The first-order valence-electron chi connectivity index (χ1n) is 16.9. The molecule has 0 saturated heterocycles. The number of rotatable bonds is 23. The maximum Gasteiger partial charge on any atom is 0.312 e. The molecule has 0 bridgehead atoms. The summed E-state index contributed by atoms with van der Waals surface area (Å²) in [5.41, 5.74) is 11.5. The Kier molecular flexibility index (Phi) is 19.9. The normalized spacial score (nSPS) is 12.2. The second-order valence-corrected chi connectivity index (χ2v) is 12.7. The summed E-state index contributed by atoms with van der Waals surface area (Å²) in [7, 11) is 0. The first-order chi connectivity index (χ1) is 23.6. The summed E-state index contributed by atoms with van der Waals surface area (Å²) in [5, 5.41) is 13.2. The van der Waals surface area contributed by atoms with Crippen LogP contribution < -0.4 is 38.1 Å². The van der Waals surface area contributed by atoms with Gasteiger partial charge >= 0.3 is 12.0 Å². The molecule has 280 valence electrons. The lowest BCUT2D eigenvalue weighted by molar-refractivity contribution is -0.148. The van der Waals surface area contributed by atoms with E-state index in [0.717, 1.165) is 0 Å². The molecular weight excluding hydrogens is 650 g/mol. The zero-order valence-electron chi connectivity index (χ0n) is 30.0. The van der Waals surface area contributed by atoms with Gasteiger partial charge in [-0.05, 0) is 30.9 Å². The van der Waals surface area contributed by atoms with Crippen LogP contribution in [0, 0.1) is 17.8 Å². The maximum absolute atomic E-state index is 13.6. The van der Waals surface area contributed by atoms with Crippen LogP contribution in [0.3, 0.4) is 0 Å². The van der Waals surface area contributed by atoms with Gasteiger partial charge in [0, 0.05) is 55.2 Å². The van der Waals surface area contributed by atoms with Crippen molar-refractivity contribution in [3.8, 4) is 0 Å². The van der Waals surface area contributed by atoms with Crippen molar-refractivity contribution in [1.82, 2.24) is 21.3 Å². The molecule has 0 aliphatic heterocycles. The molecule has 6 amide bonds. The van der Waals surface area contributed by atoms with E-state index < -0.39 is 47.7 Å². The minimum Gasteiger partial charge on any atom is -0.461 e. The van der Waals surface area contributed by atoms with Crippen molar-refractivity contribution in [2.24, 2.45) is 29.2 Å². The van der Waals surface area contributed by atoms with Gasteiger partial charge in [-0.25, -0.2) is 4.79 Å². The van der Waals surface area contributed by atoms with Gasteiger partial charge in [0.05, 0.1) is 19.1 Å². The van der Waals surface area contributed by atoms with E-state index in [9.17, 15) is 33.6 Å². The Labute approximate surface area is 293 Å². The number of carbonyl (C=O) groups is 7. The van der Waals surface area contributed by atoms with E-state index in [1.165, 1.54) is 12.1 Å². The molecule has 0 aliphatic rings. The molecule has 16 nitrogen and oxygen atoms in total. The van der Waals surface area contributed by atoms with Gasteiger partial charge in [-0.15, -0.1) is 0 Å². The first-order valence-corrected chi connectivity index (χ1v) is 16.9. The van der Waals surface area contributed by atoms with E-state index in [0.29, 0.717) is 5.56 Å². The molecule has 0 fully saturated rings. The van der Waals surface area contributed by atoms with Crippen LogP contribution in [0.1, 0.15) is 83.1 Å². The summed E-state index contributed by atoms with van der Waals surface area (Å²) in [5.74, 6) is -3.37. The van der Waals surface area contributed by atoms with Crippen molar-refractivity contribution < 1.29 is 43.0 Å². The van der Waals surface area contributed by atoms with Gasteiger partial charge in [0.1, 0.15) is 24.5 Å². The van der Waals surface area contributed by atoms with Crippen molar-refractivity contribution in [3.05, 3.63) is 29.3 Å². The smallest absolute Gasteiger partial charge is 0.312 e. The SMILES string of the molecule is CC(C)C(=O)CCOCCC(=O)N[C@H](C(=O)N[C@@H](CCCNC(N)=O)C(=O)Nc1ccc(COC(=O)C(C)C)c(C(=O)NCCN)c1)C(C)C. The van der Waals surface area contributed by atoms with Crippen LogP contribution in [-0.2, 0) is 40.1 Å². The second-order valence-electron chi connectivity index (χ2n) is 12.7. The van der Waals surface area contributed by atoms with Crippen LogP contribution in [-0.4, -0.2) is 86.3 Å². The van der Waals surface area contributed by atoms with Crippen molar-refractivity contribution in [2.75, 3.05) is 38.2 Å². The number of Topliss-reactive ketones (excluding diaryl/α,β-unsaturated/α-hetero) is 1. The standard InChI is InChI=1S/C34H55N7O9/c1-20(2)27(42)11-16-49-17-12-28(43)41-29(21(3)4)32(46)40-26(8-7-14-38-34(36)48)31(45)39-24-10-9-23(19-50-33(47)22(5)6)25(18-24)30(44)37-15-13-35/h9-10,18,20-22,26,29H,7-8,11-17,19,35H2,1-6H3,(H,37,44)(H,39,45)(H,40,46)(H,41,43)(H3,36,38,48)/t26-,29-/m0/s1. The Bertz CT molecular complexity index is 1320. The topological polar surface area (TPSA) is 250 Å². The highest BCUT2D eigenvalue weighted by molar-refractivity contribution is 6.01. The fourth-order valence-electron chi connectivity index (χ4n) is 4.37. The fourth-order valence-corrected chi connectivity index (χ4v) is 4.37. The number of ether oxygens (including phenoxy) is 2. The Hall–Kier alpha value is -4.57. The van der Waals surface area contributed by atoms with Crippen LogP contribution in [0.15, 0.2) is 18.2 Å². The largest absolute Gasteiger partial charge is 0.461 e. The quantitative estimate of drug-likeness (QED) is 0.0631. The van der Waals surface area contributed by atoms with Crippen molar-refractivity contribution >= 4 is 47.1 Å². The minimum absolute atomic E-state index is 0.0388. The van der Waals surface area contributed by atoms with Crippen molar-refractivity contribution in [2.45, 2.75) is 85.9 Å². The van der Waals surface area contributed by atoms with Crippen LogP contribution in [0.4, 0.5) is 10.5 Å². The number of primary amides is 1. The van der Waals surface area contributed by atoms with E-state index >= 15 is 0 Å². The van der Waals surface area contributed by atoms with E-state index in [1.54, 1.807) is 47.6 Å². The molecule has 16 heteroatoms. The molecule has 0 unspecified atom stereocenters. The summed E-state index contributed by atoms with van der Waals surface area (Å²) in [6.45, 7) is 11.0. The number of hydrogen-bond donors (Lipinski definition) is 7. The van der Waals surface area contributed by atoms with Crippen molar-refractivity contribution in [1.29, 1.82) is 0 Å². The summed E-state index contributed by atoms with van der Waals surface area (Å²) in [4.78, 5) is 87.6. The van der Waals surface area contributed by atoms with Gasteiger partial charge in [0.25, 0.3) is 5.91 Å². The summed E-state index contributed by atoms with van der Waals surface area (Å²) in [6.07, 6.45) is 0.564. The lowest BCUT2D eigenvalue weighted by atomic mass is 10.0. The molecule has 50 heavy (non-hydrogen) atoms. The molecule has 2 atom stereocenters. The molecule has 1 aromatic rings. The number of urea groups is 1. The Morgan fingerprint density at radius 3 is 2.10 bits per heavy atom. The van der Waals surface area contributed by atoms with Crippen LogP contribution in [0.2, 0.25) is 0 Å². The molecule has 9 N–H and O–H groups in total. The van der Waals surface area contributed by atoms with Gasteiger partial charge in [-0.2, -0.15) is 0 Å². The third-order valence-electron chi connectivity index (χ3n) is 7.37. The molecule has 0 aromatic heterocycles. The molecule has 0 radical (unpaired) electrons. The minimum atomic E-state index is -1.11. The average molecular weight is 706 g/mol. The predicted molar refractivity (Wildman–Crippen MR) is 187 cm³/mol. The van der Waals surface area contributed by atoms with Crippen LogP contribution in [0.5, 0.6) is 0 Å². The summed E-state index contributed by atoms with van der Waals surface area (Å²) in [6, 6.07) is 1.65. The maximum atomic E-state index is 13.6. The zero-order chi connectivity index (χ0) is 37.8. The lowest BCUT2D eigenvalue weighted by Crippen LogP contribution is -2.54. The van der Waals surface area contributed by atoms with E-state index in [-0.39, 0.29) is 99.9 Å². The molecule has 1 aromatic carbocycles. The van der Waals surface area contributed by atoms with Gasteiger partial charge in [-0.1, -0.05) is 47.6 Å². The van der Waals surface area contributed by atoms with Crippen molar-refractivity contribution in [3.63, 3.8) is 0 Å². The van der Waals surface area contributed by atoms with Gasteiger partial charge < -0.3 is 47.5 Å². The molecular formula is C34H55N7O9. The number of amides is 6. The molecule has 0 aliphatic carbocycles.